The summed E-state index contributed by atoms with van der Waals surface area (Å²) in [6, 6.07) is 8.14. The van der Waals surface area contributed by atoms with Gasteiger partial charge in [-0.1, -0.05) is 13.0 Å². The summed E-state index contributed by atoms with van der Waals surface area (Å²) in [6.07, 6.45) is 2.72. The third-order valence-corrected chi connectivity index (χ3v) is 3.97. The van der Waals surface area contributed by atoms with Gasteiger partial charge in [0.25, 0.3) is 0 Å². The number of rotatable bonds is 4. The normalized spacial score (nSPS) is 11.3. The van der Waals surface area contributed by atoms with Crippen LogP contribution in [-0.4, -0.2) is 9.55 Å². The molecule has 4 nitrogen and oxygen atoms in total. The van der Waals surface area contributed by atoms with Gasteiger partial charge in [0.1, 0.15) is 5.82 Å². The van der Waals surface area contributed by atoms with Gasteiger partial charge < -0.3 is 14.7 Å². The van der Waals surface area contributed by atoms with Gasteiger partial charge in [0.05, 0.1) is 22.9 Å². The van der Waals surface area contributed by atoms with Crippen molar-refractivity contribution in [3.63, 3.8) is 0 Å². The number of hydrogen-bond acceptors (Lipinski definition) is 3. The van der Waals surface area contributed by atoms with Crippen molar-refractivity contribution < 1.29 is 4.42 Å². The van der Waals surface area contributed by atoms with Crippen LogP contribution in [0.25, 0.3) is 22.4 Å². The van der Waals surface area contributed by atoms with Crippen LogP contribution < -0.4 is 5.73 Å². The minimum Gasteiger partial charge on any atom is -0.457 e. The number of nitrogens with two attached hydrogens (primary N) is 1. The van der Waals surface area contributed by atoms with Gasteiger partial charge in [-0.15, -0.1) is 0 Å². The monoisotopic (exact) mass is 333 g/mol. The fraction of sp³-hybridized carbons (Fsp3) is 0.267. The minimum atomic E-state index is 0.529. The number of fused-ring (bicyclic) bond motifs is 1. The highest BCUT2D eigenvalue weighted by Gasteiger charge is 2.16. The fourth-order valence-corrected chi connectivity index (χ4v) is 2.83. The summed E-state index contributed by atoms with van der Waals surface area (Å²) in [4.78, 5) is 4.76. The summed E-state index contributed by atoms with van der Waals surface area (Å²) < 4.78 is 8.28. The predicted molar refractivity (Wildman–Crippen MR) is 83.3 cm³/mol. The Morgan fingerprint density at radius 2 is 2.20 bits per heavy atom. The van der Waals surface area contributed by atoms with Crippen LogP contribution >= 0.6 is 15.9 Å². The summed E-state index contributed by atoms with van der Waals surface area (Å²) in [6.45, 7) is 3.61. The van der Waals surface area contributed by atoms with Gasteiger partial charge >= 0.3 is 0 Å². The van der Waals surface area contributed by atoms with Crippen molar-refractivity contribution in [3.8, 4) is 11.4 Å². The molecule has 1 aromatic carbocycles. The molecule has 0 bridgehead atoms. The zero-order valence-electron chi connectivity index (χ0n) is 11.3. The molecule has 0 saturated carbocycles. The van der Waals surface area contributed by atoms with E-state index in [1.165, 1.54) is 0 Å². The second kappa shape index (κ2) is 5.42. The van der Waals surface area contributed by atoms with Crippen molar-refractivity contribution in [1.82, 2.24) is 9.55 Å². The quantitative estimate of drug-likeness (QED) is 0.786. The molecule has 0 unspecified atom stereocenters. The van der Waals surface area contributed by atoms with E-state index in [0.717, 1.165) is 41.0 Å². The van der Waals surface area contributed by atoms with E-state index < -0.39 is 0 Å². The minimum absolute atomic E-state index is 0.529. The maximum absolute atomic E-state index is 5.71. The maximum Gasteiger partial charge on any atom is 0.179 e. The number of hydrogen-bond donors (Lipinski definition) is 1. The number of imidazole rings is 1. The molecule has 3 rings (SSSR count). The van der Waals surface area contributed by atoms with Crippen molar-refractivity contribution in [2.45, 2.75) is 26.4 Å². The van der Waals surface area contributed by atoms with Crippen LogP contribution in [0.3, 0.4) is 0 Å². The molecule has 0 atom stereocenters. The highest BCUT2D eigenvalue weighted by Crippen LogP contribution is 2.31. The Kier molecular flexibility index (Phi) is 3.63. The molecule has 0 radical (unpaired) electrons. The van der Waals surface area contributed by atoms with Gasteiger partial charge in [0.15, 0.2) is 4.67 Å². The Labute approximate surface area is 125 Å². The molecule has 104 valence electrons. The summed E-state index contributed by atoms with van der Waals surface area (Å²) in [5.41, 5.74) is 9.88. The summed E-state index contributed by atoms with van der Waals surface area (Å²) in [5, 5.41) is 0. The molecule has 3 aromatic rings. The van der Waals surface area contributed by atoms with Crippen molar-refractivity contribution in [3.05, 3.63) is 40.8 Å². The number of nitrogens with zero attached hydrogens (tertiary/aromatic N) is 2. The molecule has 0 amide bonds. The molecule has 0 aliphatic carbocycles. The Morgan fingerprint density at radius 1 is 1.35 bits per heavy atom. The van der Waals surface area contributed by atoms with Gasteiger partial charge in [-0.3, -0.25) is 0 Å². The van der Waals surface area contributed by atoms with E-state index >= 15 is 0 Å². The number of aryl methyl sites for hydroxylation is 1. The Morgan fingerprint density at radius 3 is 2.85 bits per heavy atom. The smallest absolute Gasteiger partial charge is 0.179 e. The van der Waals surface area contributed by atoms with Crippen molar-refractivity contribution in [1.29, 1.82) is 0 Å². The van der Waals surface area contributed by atoms with E-state index in [0.29, 0.717) is 11.2 Å². The second-order valence-electron chi connectivity index (χ2n) is 4.72. The first-order chi connectivity index (χ1) is 9.74. The number of halogens is 1. The van der Waals surface area contributed by atoms with Gasteiger partial charge in [-0.2, -0.15) is 0 Å². The van der Waals surface area contributed by atoms with E-state index in [4.69, 9.17) is 15.1 Å². The van der Waals surface area contributed by atoms with Crippen LogP contribution in [0.1, 0.15) is 18.9 Å². The highest BCUT2D eigenvalue weighted by molar-refractivity contribution is 9.10. The summed E-state index contributed by atoms with van der Waals surface area (Å²) >= 11 is 3.43. The number of benzene rings is 1. The maximum atomic E-state index is 5.71. The van der Waals surface area contributed by atoms with Gasteiger partial charge in [0, 0.05) is 13.1 Å². The molecule has 2 aromatic heterocycles. The van der Waals surface area contributed by atoms with Crippen LogP contribution in [0.4, 0.5) is 0 Å². The number of furan rings is 1. The average Bonchev–Trinajstić information content (AvgIpc) is 3.02. The molecular weight excluding hydrogens is 318 g/mol. The van der Waals surface area contributed by atoms with Crippen LogP contribution in [0.15, 0.2) is 39.6 Å². The third kappa shape index (κ3) is 2.17. The standard InChI is InChI=1S/C15H16BrN3O/c1-2-6-19-13-4-3-10(9-17)8-12(13)18-15(19)11-5-7-20-14(11)16/h3-5,7-8H,2,6,9,17H2,1H3. The Balaban J connectivity index is 2.25. The lowest BCUT2D eigenvalue weighted by Gasteiger charge is -2.06. The highest BCUT2D eigenvalue weighted by atomic mass is 79.9. The third-order valence-electron chi connectivity index (χ3n) is 3.35. The van der Waals surface area contributed by atoms with Crippen molar-refractivity contribution >= 4 is 27.0 Å². The van der Waals surface area contributed by atoms with E-state index in [-0.39, 0.29) is 0 Å². The van der Waals surface area contributed by atoms with Gasteiger partial charge in [0.2, 0.25) is 0 Å². The molecule has 0 spiro atoms. The van der Waals surface area contributed by atoms with Crippen LogP contribution in [0.2, 0.25) is 0 Å². The molecule has 0 fully saturated rings. The van der Waals surface area contributed by atoms with Gasteiger partial charge in [-0.25, -0.2) is 4.98 Å². The molecular formula is C15H16BrN3O. The molecule has 0 aliphatic rings. The molecule has 5 heteroatoms. The Bertz CT molecular complexity index is 745. The van der Waals surface area contributed by atoms with E-state index in [9.17, 15) is 0 Å². The molecule has 2 N–H and O–H groups in total. The molecule has 2 heterocycles. The van der Waals surface area contributed by atoms with Gasteiger partial charge in [-0.05, 0) is 46.1 Å². The molecule has 20 heavy (non-hydrogen) atoms. The van der Waals surface area contributed by atoms with Crippen LogP contribution in [-0.2, 0) is 13.1 Å². The molecule has 0 saturated heterocycles. The van der Waals surface area contributed by atoms with Crippen molar-refractivity contribution in [2.75, 3.05) is 0 Å². The average molecular weight is 334 g/mol. The first-order valence-corrected chi connectivity index (χ1v) is 7.46. The lowest BCUT2D eigenvalue weighted by atomic mass is 10.2. The second-order valence-corrected chi connectivity index (χ2v) is 5.44. The summed E-state index contributed by atoms with van der Waals surface area (Å²) in [7, 11) is 0. The zero-order valence-corrected chi connectivity index (χ0v) is 12.9. The van der Waals surface area contributed by atoms with Crippen LogP contribution in [0, 0.1) is 0 Å². The summed E-state index contributed by atoms with van der Waals surface area (Å²) in [5.74, 6) is 0.927. The SMILES string of the molecule is CCCn1c(-c2ccoc2Br)nc2cc(CN)ccc21. The first-order valence-electron chi connectivity index (χ1n) is 6.67. The van der Waals surface area contributed by atoms with E-state index in [1.54, 1.807) is 6.26 Å². The first kappa shape index (κ1) is 13.4. The van der Waals surface area contributed by atoms with E-state index in [2.05, 4.69) is 45.6 Å². The molecule has 0 aliphatic heterocycles. The van der Waals surface area contributed by atoms with Crippen molar-refractivity contribution in [2.24, 2.45) is 5.73 Å². The Hall–Kier alpha value is -1.59. The lowest BCUT2D eigenvalue weighted by molar-refractivity contribution is 0.541. The fourth-order valence-electron chi connectivity index (χ4n) is 2.41. The predicted octanol–water partition coefficient (Wildman–Crippen LogP) is 3.93. The lowest BCUT2D eigenvalue weighted by Crippen LogP contribution is -2.00. The zero-order chi connectivity index (χ0) is 14.1. The number of aromatic nitrogens is 2. The largest absolute Gasteiger partial charge is 0.457 e. The topological polar surface area (TPSA) is 57.0 Å². The van der Waals surface area contributed by atoms with Crippen LogP contribution in [0.5, 0.6) is 0 Å². The van der Waals surface area contributed by atoms with E-state index in [1.807, 2.05) is 6.07 Å².